The van der Waals surface area contributed by atoms with Gasteiger partial charge in [-0.05, 0) is 31.4 Å². The van der Waals surface area contributed by atoms with Gasteiger partial charge in [-0.3, -0.25) is 9.59 Å². The summed E-state index contributed by atoms with van der Waals surface area (Å²) in [6.45, 7) is 2.67. The highest BCUT2D eigenvalue weighted by atomic mass is 16.5. The summed E-state index contributed by atoms with van der Waals surface area (Å²) in [7, 11) is 1.62. The van der Waals surface area contributed by atoms with E-state index >= 15 is 0 Å². The van der Waals surface area contributed by atoms with Crippen molar-refractivity contribution in [3.8, 4) is 0 Å². The lowest BCUT2D eigenvalue weighted by Crippen LogP contribution is -2.30. The summed E-state index contributed by atoms with van der Waals surface area (Å²) in [5, 5.41) is 2.76. The van der Waals surface area contributed by atoms with Gasteiger partial charge in [-0.15, -0.1) is 0 Å². The molecule has 2 rings (SSSR count). The van der Waals surface area contributed by atoms with Crippen LogP contribution in [0.1, 0.15) is 40.2 Å². The number of nitrogens with one attached hydrogen (secondary N) is 1. The van der Waals surface area contributed by atoms with Crippen molar-refractivity contribution in [2.75, 3.05) is 33.4 Å². The van der Waals surface area contributed by atoms with Gasteiger partial charge in [0.15, 0.2) is 0 Å². The number of hydrogen-bond acceptors (Lipinski definition) is 4. The monoisotopic (exact) mass is 291 g/mol. The molecule has 0 bridgehead atoms. The predicted octanol–water partition coefficient (Wildman–Crippen LogP) is 1.08. The zero-order valence-electron chi connectivity index (χ0n) is 12.3. The Kier molecular flexibility index (Phi) is 5.68. The smallest absolute Gasteiger partial charge is 0.272 e. The Bertz CT molecular complexity index is 499. The second-order valence-corrected chi connectivity index (χ2v) is 5.01. The van der Waals surface area contributed by atoms with Gasteiger partial charge in [0.25, 0.3) is 11.8 Å². The fourth-order valence-corrected chi connectivity index (χ4v) is 2.27. The number of aromatic nitrogens is 1. The Morgan fingerprint density at radius 2 is 2.00 bits per heavy atom. The van der Waals surface area contributed by atoms with Crippen molar-refractivity contribution in [3.05, 3.63) is 29.6 Å². The topological polar surface area (TPSA) is 71.5 Å². The molecule has 0 radical (unpaired) electrons. The van der Waals surface area contributed by atoms with Gasteiger partial charge in [0.05, 0.1) is 0 Å². The first kappa shape index (κ1) is 15.4. The minimum Gasteiger partial charge on any atom is -0.385 e. The van der Waals surface area contributed by atoms with Gasteiger partial charge in [0.1, 0.15) is 11.4 Å². The molecule has 21 heavy (non-hydrogen) atoms. The number of carbonyl (C=O) groups is 2. The second kappa shape index (κ2) is 7.73. The maximum atomic E-state index is 12.2. The Morgan fingerprint density at radius 3 is 2.71 bits per heavy atom. The van der Waals surface area contributed by atoms with Gasteiger partial charge < -0.3 is 15.0 Å². The van der Waals surface area contributed by atoms with E-state index in [1.165, 1.54) is 0 Å². The molecule has 1 saturated heterocycles. The van der Waals surface area contributed by atoms with Crippen molar-refractivity contribution >= 4 is 11.8 Å². The Labute approximate surface area is 124 Å². The lowest BCUT2D eigenvalue weighted by atomic mass is 10.2. The second-order valence-electron chi connectivity index (χ2n) is 5.01. The molecule has 2 heterocycles. The van der Waals surface area contributed by atoms with Gasteiger partial charge in [-0.25, -0.2) is 4.98 Å². The SMILES string of the molecule is COCCCNC(=O)c1cccc(C(=O)N2CCCC2)n1. The Hall–Kier alpha value is -1.95. The molecule has 0 atom stereocenters. The summed E-state index contributed by atoms with van der Waals surface area (Å²) in [5.41, 5.74) is 0.610. The van der Waals surface area contributed by atoms with Crippen LogP contribution >= 0.6 is 0 Å². The summed E-state index contributed by atoms with van der Waals surface area (Å²) in [6, 6.07) is 4.97. The van der Waals surface area contributed by atoms with E-state index in [2.05, 4.69) is 10.3 Å². The fraction of sp³-hybridized carbons (Fsp3) is 0.533. The van der Waals surface area contributed by atoms with E-state index in [4.69, 9.17) is 4.74 Å². The van der Waals surface area contributed by atoms with Crippen molar-refractivity contribution in [1.82, 2.24) is 15.2 Å². The van der Waals surface area contributed by atoms with Gasteiger partial charge in [-0.2, -0.15) is 0 Å². The molecule has 0 unspecified atom stereocenters. The van der Waals surface area contributed by atoms with E-state index in [-0.39, 0.29) is 17.5 Å². The third-order valence-corrected chi connectivity index (χ3v) is 3.40. The summed E-state index contributed by atoms with van der Waals surface area (Å²) in [6.07, 6.45) is 2.81. The molecule has 1 N–H and O–H groups in total. The van der Waals surface area contributed by atoms with Crippen molar-refractivity contribution < 1.29 is 14.3 Å². The third kappa shape index (κ3) is 4.26. The van der Waals surface area contributed by atoms with Gasteiger partial charge >= 0.3 is 0 Å². The third-order valence-electron chi connectivity index (χ3n) is 3.40. The molecular weight excluding hydrogens is 270 g/mol. The fourth-order valence-electron chi connectivity index (χ4n) is 2.27. The molecule has 6 heteroatoms. The number of rotatable bonds is 6. The summed E-state index contributed by atoms with van der Waals surface area (Å²) >= 11 is 0. The largest absolute Gasteiger partial charge is 0.385 e. The van der Waals surface area contributed by atoms with Crippen LogP contribution in [0.2, 0.25) is 0 Å². The highest BCUT2D eigenvalue weighted by molar-refractivity contribution is 5.96. The van der Waals surface area contributed by atoms with Crippen LogP contribution in [0, 0.1) is 0 Å². The van der Waals surface area contributed by atoms with Gasteiger partial charge in [0.2, 0.25) is 0 Å². The Morgan fingerprint density at radius 1 is 1.29 bits per heavy atom. The normalized spacial score (nSPS) is 14.2. The average molecular weight is 291 g/mol. The van der Waals surface area contributed by atoms with Gasteiger partial charge in [0, 0.05) is 33.4 Å². The number of methoxy groups -OCH3 is 1. The van der Waals surface area contributed by atoms with Crippen LogP contribution in [0.3, 0.4) is 0 Å². The number of amides is 2. The Balaban J connectivity index is 1.96. The van der Waals surface area contributed by atoms with Crippen molar-refractivity contribution in [1.29, 1.82) is 0 Å². The number of likely N-dealkylation sites (tertiary alicyclic amines) is 1. The molecule has 0 saturated carbocycles. The van der Waals surface area contributed by atoms with Gasteiger partial charge in [-0.1, -0.05) is 6.07 Å². The molecular formula is C15H21N3O3. The average Bonchev–Trinajstić information content (AvgIpc) is 3.05. The highest BCUT2D eigenvalue weighted by Gasteiger charge is 2.21. The molecule has 1 aromatic rings. The predicted molar refractivity (Wildman–Crippen MR) is 78.2 cm³/mol. The lowest BCUT2D eigenvalue weighted by Gasteiger charge is -2.14. The first-order valence-corrected chi connectivity index (χ1v) is 7.26. The van der Waals surface area contributed by atoms with Crippen LogP contribution in [0.5, 0.6) is 0 Å². The van der Waals surface area contributed by atoms with E-state index in [1.807, 2.05) is 0 Å². The molecule has 0 aliphatic carbocycles. The van der Waals surface area contributed by atoms with E-state index < -0.39 is 0 Å². The van der Waals surface area contributed by atoms with Crippen molar-refractivity contribution in [2.24, 2.45) is 0 Å². The number of ether oxygens (including phenoxy) is 1. The number of hydrogen-bond donors (Lipinski definition) is 1. The summed E-state index contributed by atoms with van der Waals surface area (Å²) < 4.78 is 4.92. The van der Waals surface area contributed by atoms with E-state index in [0.717, 1.165) is 32.4 Å². The first-order chi connectivity index (χ1) is 10.2. The minimum absolute atomic E-state index is 0.0958. The molecule has 1 aliphatic heterocycles. The minimum atomic E-state index is -0.262. The lowest BCUT2D eigenvalue weighted by molar-refractivity contribution is 0.0787. The highest BCUT2D eigenvalue weighted by Crippen LogP contribution is 2.11. The van der Waals surface area contributed by atoms with Crippen LogP contribution in [-0.4, -0.2) is 55.0 Å². The molecule has 1 fully saturated rings. The molecule has 0 aromatic carbocycles. The maximum Gasteiger partial charge on any atom is 0.272 e. The summed E-state index contributed by atoms with van der Waals surface area (Å²) in [4.78, 5) is 30.2. The van der Waals surface area contributed by atoms with Crippen LogP contribution in [0.4, 0.5) is 0 Å². The molecule has 6 nitrogen and oxygen atoms in total. The maximum absolute atomic E-state index is 12.2. The molecule has 114 valence electrons. The number of pyridine rings is 1. The number of carbonyl (C=O) groups excluding carboxylic acids is 2. The molecule has 2 amide bonds. The quantitative estimate of drug-likeness (QED) is 0.796. The summed E-state index contributed by atoms with van der Waals surface area (Å²) in [5.74, 6) is -0.358. The molecule has 1 aromatic heterocycles. The van der Waals surface area contributed by atoms with E-state index in [1.54, 1.807) is 30.2 Å². The molecule has 0 spiro atoms. The standard InChI is InChI=1S/C15H21N3O3/c1-21-11-5-8-16-14(19)12-6-4-7-13(17-12)15(20)18-9-2-3-10-18/h4,6-7H,2-3,5,8-11H2,1H3,(H,16,19). The van der Waals surface area contributed by atoms with Crippen LogP contribution < -0.4 is 5.32 Å². The van der Waals surface area contributed by atoms with Crippen LogP contribution in [0.15, 0.2) is 18.2 Å². The zero-order valence-corrected chi connectivity index (χ0v) is 12.3. The van der Waals surface area contributed by atoms with Crippen molar-refractivity contribution in [3.63, 3.8) is 0 Å². The number of nitrogens with zero attached hydrogens (tertiary/aromatic N) is 2. The molecule has 1 aliphatic rings. The van der Waals surface area contributed by atoms with Crippen LogP contribution in [-0.2, 0) is 4.74 Å². The zero-order chi connectivity index (χ0) is 15.1. The van der Waals surface area contributed by atoms with E-state index in [0.29, 0.717) is 18.8 Å². The first-order valence-electron chi connectivity index (χ1n) is 7.26. The van der Waals surface area contributed by atoms with Crippen molar-refractivity contribution in [2.45, 2.75) is 19.3 Å². The van der Waals surface area contributed by atoms with E-state index in [9.17, 15) is 9.59 Å². The van der Waals surface area contributed by atoms with Crippen LogP contribution in [0.25, 0.3) is 0 Å².